The SMILES string of the molecule is COC(=O)C(O)C(O)c1c(C=O)cccc1C=O. The van der Waals surface area contributed by atoms with E-state index in [1.807, 2.05) is 0 Å². The maximum absolute atomic E-state index is 11.1. The molecule has 6 nitrogen and oxygen atoms in total. The number of esters is 1. The van der Waals surface area contributed by atoms with E-state index in [9.17, 15) is 24.6 Å². The molecule has 0 radical (unpaired) electrons. The lowest BCUT2D eigenvalue weighted by Crippen LogP contribution is -2.30. The van der Waals surface area contributed by atoms with E-state index in [1.165, 1.54) is 18.2 Å². The summed E-state index contributed by atoms with van der Waals surface area (Å²) in [6.07, 6.45) is -2.72. The maximum Gasteiger partial charge on any atom is 0.337 e. The van der Waals surface area contributed by atoms with Crippen LogP contribution >= 0.6 is 0 Å². The second kappa shape index (κ2) is 6.04. The van der Waals surface area contributed by atoms with Gasteiger partial charge in [-0.05, 0) is 0 Å². The summed E-state index contributed by atoms with van der Waals surface area (Å²) in [6.45, 7) is 0. The number of hydrogen-bond acceptors (Lipinski definition) is 6. The highest BCUT2D eigenvalue weighted by atomic mass is 16.5. The van der Waals surface area contributed by atoms with E-state index < -0.39 is 18.2 Å². The summed E-state index contributed by atoms with van der Waals surface area (Å²) in [6, 6.07) is 4.18. The molecule has 6 heteroatoms. The first kappa shape index (κ1) is 14.0. The molecule has 0 spiro atoms. The van der Waals surface area contributed by atoms with Crippen LogP contribution in [0.1, 0.15) is 32.4 Å². The summed E-state index contributed by atoms with van der Waals surface area (Å²) in [5, 5.41) is 19.4. The number of aliphatic hydroxyl groups excluding tert-OH is 2. The first-order valence-electron chi connectivity index (χ1n) is 5.04. The highest BCUT2D eigenvalue weighted by Gasteiger charge is 2.29. The first-order chi connectivity index (χ1) is 8.56. The predicted molar refractivity (Wildman–Crippen MR) is 60.2 cm³/mol. The van der Waals surface area contributed by atoms with E-state index in [-0.39, 0.29) is 16.7 Å². The Bertz CT molecular complexity index is 441. The molecule has 18 heavy (non-hydrogen) atoms. The largest absolute Gasteiger partial charge is 0.467 e. The Labute approximate surface area is 103 Å². The molecule has 0 heterocycles. The van der Waals surface area contributed by atoms with Crippen molar-refractivity contribution in [1.82, 2.24) is 0 Å². The van der Waals surface area contributed by atoms with Crippen molar-refractivity contribution in [2.75, 3.05) is 7.11 Å². The monoisotopic (exact) mass is 252 g/mol. The number of aldehydes is 2. The summed E-state index contributed by atoms with van der Waals surface area (Å²) in [5.41, 5.74) is -0.0505. The number of benzene rings is 1. The Morgan fingerprint density at radius 2 is 1.72 bits per heavy atom. The van der Waals surface area contributed by atoms with Gasteiger partial charge in [-0.2, -0.15) is 0 Å². The highest BCUT2D eigenvalue weighted by Crippen LogP contribution is 2.24. The molecular formula is C12H12O6. The summed E-state index contributed by atoms with van der Waals surface area (Å²) in [5.74, 6) is -1.06. The lowest BCUT2D eigenvalue weighted by molar-refractivity contribution is -0.156. The van der Waals surface area contributed by atoms with Crippen molar-refractivity contribution in [1.29, 1.82) is 0 Å². The average Bonchev–Trinajstić information content (AvgIpc) is 2.43. The van der Waals surface area contributed by atoms with E-state index in [0.717, 1.165) is 7.11 Å². The number of methoxy groups -OCH3 is 1. The fourth-order valence-electron chi connectivity index (χ4n) is 1.56. The molecule has 2 N–H and O–H groups in total. The van der Waals surface area contributed by atoms with Crippen LogP contribution in [0.15, 0.2) is 18.2 Å². The third-order valence-corrected chi connectivity index (χ3v) is 2.47. The number of hydrogen-bond donors (Lipinski definition) is 2. The van der Waals surface area contributed by atoms with Crippen LogP contribution in [-0.2, 0) is 9.53 Å². The van der Waals surface area contributed by atoms with Gasteiger partial charge in [0.05, 0.1) is 7.11 Å². The van der Waals surface area contributed by atoms with Gasteiger partial charge < -0.3 is 14.9 Å². The quantitative estimate of drug-likeness (QED) is 0.559. The number of ether oxygens (including phenoxy) is 1. The minimum absolute atomic E-state index is 0.0232. The molecule has 1 rings (SSSR count). The van der Waals surface area contributed by atoms with Gasteiger partial charge in [0.15, 0.2) is 6.10 Å². The predicted octanol–water partition coefficient (Wildman–Crippen LogP) is -0.121. The molecule has 0 amide bonds. The van der Waals surface area contributed by atoms with Gasteiger partial charge in [0, 0.05) is 16.7 Å². The van der Waals surface area contributed by atoms with Crippen LogP contribution in [0.25, 0.3) is 0 Å². The van der Waals surface area contributed by atoms with Crippen LogP contribution in [0.5, 0.6) is 0 Å². The average molecular weight is 252 g/mol. The van der Waals surface area contributed by atoms with Crippen molar-refractivity contribution in [3.8, 4) is 0 Å². The zero-order valence-corrected chi connectivity index (χ0v) is 9.57. The van der Waals surface area contributed by atoms with Crippen LogP contribution in [0.3, 0.4) is 0 Å². The van der Waals surface area contributed by atoms with Gasteiger partial charge in [-0.3, -0.25) is 9.59 Å². The van der Waals surface area contributed by atoms with Crippen molar-refractivity contribution in [2.45, 2.75) is 12.2 Å². The zero-order valence-electron chi connectivity index (χ0n) is 9.57. The van der Waals surface area contributed by atoms with Gasteiger partial charge in [0.2, 0.25) is 0 Å². The summed E-state index contributed by atoms with van der Waals surface area (Å²) in [4.78, 5) is 32.8. The van der Waals surface area contributed by atoms with Gasteiger partial charge in [-0.15, -0.1) is 0 Å². The van der Waals surface area contributed by atoms with Gasteiger partial charge in [0.25, 0.3) is 0 Å². The maximum atomic E-state index is 11.1. The van der Waals surface area contributed by atoms with Crippen LogP contribution in [0.2, 0.25) is 0 Å². The van der Waals surface area contributed by atoms with Crippen molar-refractivity contribution >= 4 is 18.5 Å². The molecule has 96 valence electrons. The van der Waals surface area contributed by atoms with E-state index in [2.05, 4.69) is 4.74 Å². The third kappa shape index (κ3) is 2.61. The number of carbonyl (C=O) groups excluding carboxylic acids is 3. The molecule has 2 atom stereocenters. The molecule has 0 aromatic heterocycles. The molecular weight excluding hydrogens is 240 g/mol. The smallest absolute Gasteiger partial charge is 0.337 e. The number of rotatable bonds is 5. The van der Waals surface area contributed by atoms with Crippen LogP contribution in [-0.4, -0.2) is 42.0 Å². The molecule has 0 aliphatic rings. The van der Waals surface area contributed by atoms with Crippen LogP contribution in [0, 0.1) is 0 Å². The standard InChI is InChI=1S/C12H12O6/c1-18-12(17)11(16)10(15)9-7(5-13)3-2-4-8(9)6-14/h2-6,10-11,15-16H,1H3. The molecule has 0 bridgehead atoms. The molecule has 1 aromatic rings. The fourth-order valence-corrected chi connectivity index (χ4v) is 1.56. The van der Waals surface area contributed by atoms with Crippen LogP contribution < -0.4 is 0 Å². The normalized spacial score (nSPS) is 13.5. The highest BCUT2D eigenvalue weighted by molar-refractivity contribution is 5.87. The zero-order chi connectivity index (χ0) is 13.7. The second-order valence-corrected chi connectivity index (χ2v) is 3.50. The van der Waals surface area contributed by atoms with Gasteiger partial charge in [-0.25, -0.2) is 4.79 Å². The summed E-state index contributed by atoms with van der Waals surface area (Å²) < 4.78 is 4.28. The van der Waals surface area contributed by atoms with E-state index in [4.69, 9.17) is 0 Å². The van der Waals surface area contributed by atoms with Crippen molar-refractivity contribution in [2.24, 2.45) is 0 Å². The van der Waals surface area contributed by atoms with Gasteiger partial charge in [0.1, 0.15) is 18.7 Å². The topological polar surface area (TPSA) is 101 Å². The van der Waals surface area contributed by atoms with Gasteiger partial charge in [-0.1, -0.05) is 18.2 Å². The molecule has 0 aliphatic carbocycles. The Kier molecular flexibility index (Phi) is 4.70. The van der Waals surface area contributed by atoms with E-state index in [1.54, 1.807) is 0 Å². The first-order valence-corrected chi connectivity index (χ1v) is 5.04. The second-order valence-electron chi connectivity index (χ2n) is 3.50. The number of aliphatic hydroxyl groups is 2. The van der Waals surface area contributed by atoms with Crippen molar-refractivity contribution in [3.05, 3.63) is 34.9 Å². The summed E-state index contributed by atoms with van der Waals surface area (Å²) >= 11 is 0. The molecule has 0 fully saturated rings. The molecule has 0 aliphatic heterocycles. The molecule has 0 saturated carbocycles. The van der Waals surface area contributed by atoms with Crippen LogP contribution in [0.4, 0.5) is 0 Å². The third-order valence-electron chi connectivity index (χ3n) is 2.47. The molecule has 0 saturated heterocycles. The molecule has 2 unspecified atom stereocenters. The summed E-state index contributed by atoms with van der Waals surface area (Å²) in [7, 11) is 1.05. The Hall–Kier alpha value is -2.05. The Morgan fingerprint density at radius 3 is 2.11 bits per heavy atom. The van der Waals surface area contributed by atoms with E-state index in [0.29, 0.717) is 12.6 Å². The Morgan fingerprint density at radius 1 is 1.22 bits per heavy atom. The minimum atomic E-state index is -1.87. The van der Waals surface area contributed by atoms with Crippen molar-refractivity contribution in [3.63, 3.8) is 0 Å². The van der Waals surface area contributed by atoms with E-state index >= 15 is 0 Å². The minimum Gasteiger partial charge on any atom is -0.467 e. The van der Waals surface area contributed by atoms with Gasteiger partial charge >= 0.3 is 5.97 Å². The fraction of sp³-hybridized carbons (Fsp3) is 0.250. The van der Waals surface area contributed by atoms with Crippen molar-refractivity contribution < 1.29 is 29.3 Å². The Balaban J connectivity index is 3.26. The lowest BCUT2D eigenvalue weighted by Gasteiger charge is -2.18. The molecule has 1 aromatic carbocycles. The lowest BCUT2D eigenvalue weighted by atomic mass is 9.94. The number of carbonyl (C=O) groups is 3.